The quantitative estimate of drug-likeness (QED) is 0.809. The van der Waals surface area contributed by atoms with Crippen LogP contribution in [0.1, 0.15) is 24.8 Å². The van der Waals surface area contributed by atoms with E-state index in [0.29, 0.717) is 12.0 Å². The Labute approximate surface area is 93.0 Å². The minimum atomic E-state index is 0.499. The zero-order chi connectivity index (χ0) is 10.1. The lowest BCUT2D eigenvalue weighted by atomic mass is 9.88. The number of rotatable bonds is 1. The average molecular weight is 255 g/mol. The Morgan fingerprint density at radius 1 is 1.57 bits per heavy atom. The smallest absolute Gasteiger partial charge is 0.0522 e. The Bertz CT molecular complexity index is 338. The van der Waals surface area contributed by atoms with Crippen LogP contribution < -0.4 is 11.1 Å². The van der Waals surface area contributed by atoms with Crippen LogP contribution in [0.25, 0.3) is 0 Å². The van der Waals surface area contributed by atoms with Crippen molar-refractivity contribution >= 4 is 21.6 Å². The number of hydrogen-bond donors (Lipinski definition) is 2. The predicted octanol–water partition coefficient (Wildman–Crippen LogP) is 2.70. The van der Waals surface area contributed by atoms with E-state index in [1.807, 2.05) is 0 Å². The number of hydrogen-bond acceptors (Lipinski definition) is 2. The summed E-state index contributed by atoms with van der Waals surface area (Å²) < 4.78 is 1.14. The molecule has 0 spiro atoms. The number of halogens is 1. The molecule has 1 aromatic rings. The van der Waals surface area contributed by atoms with E-state index >= 15 is 0 Å². The molecule has 0 radical (unpaired) electrons. The molecule has 1 aromatic carbocycles. The summed E-state index contributed by atoms with van der Waals surface area (Å²) in [6.45, 7) is 2.93. The highest BCUT2D eigenvalue weighted by Crippen LogP contribution is 2.37. The maximum absolute atomic E-state index is 5.79. The predicted molar refractivity (Wildman–Crippen MR) is 63.6 cm³/mol. The summed E-state index contributed by atoms with van der Waals surface area (Å²) in [6.07, 6.45) is 1.12. The first-order chi connectivity index (χ1) is 6.72. The zero-order valence-corrected chi connectivity index (χ0v) is 9.84. The molecule has 2 atom stereocenters. The van der Waals surface area contributed by atoms with Gasteiger partial charge in [0.05, 0.1) is 5.69 Å². The number of anilines is 1. The molecule has 3 heteroatoms. The molecule has 0 fully saturated rings. The highest BCUT2D eigenvalue weighted by Gasteiger charge is 2.23. The van der Waals surface area contributed by atoms with E-state index < -0.39 is 0 Å². The monoisotopic (exact) mass is 254 g/mol. The van der Waals surface area contributed by atoms with E-state index in [1.165, 1.54) is 11.3 Å². The van der Waals surface area contributed by atoms with Gasteiger partial charge in [-0.05, 0) is 47.4 Å². The van der Waals surface area contributed by atoms with Crippen molar-refractivity contribution in [2.45, 2.75) is 25.3 Å². The van der Waals surface area contributed by atoms with Crippen LogP contribution in [0.15, 0.2) is 22.7 Å². The van der Waals surface area contributed by atoms with Gasteiger partial charge in [-0.1, -0.05) is 12.1 Å². The van der Waals surface area contributed by atoms with Crippen molar-refractivity contribution in [3.8, 4) is 0 Å². The van der Waals surface area contributed by atoms with Crippen LogP contribution in [0.4, 0.5) is 5.69 Å². The molecule has 1 aliphatic heterocycles. The van der Waals surface area contributed by atoms with Gasteiger partial charge in [0.1, 0.15) is 0 Å². The first-order valence-corrected chi connectivity index (χ1v) is 5.76. The molecule has 1 aliphatic rings. The summed E-state index contributed by atoms with van der Waals surface area (Å²) in [6, 6.07) is 6.81. The van der Waals surface area contributed by atoms with Gasteiger partial charge >= 0.3 is 0 Å². The minimum Gasteiger partial charge on any atom is -0.381 e. The van der Waals surface area contributed by atoms with Crippen molar-refractivity contribution in [3.05, 3.63) is 28.2 Å². The normalized spacial score (nSPS) is 25.4. The molecule has 2 unspecified atom stereocenters. The molecule has 0 amide bonds. The van der Waals surface area contributed by atoms with Crippen LogP contribution in [0.2, 0.25) is 0 Å². The van der Waals surface area contributed by atoms with E-state index in [0.717, 1.165) is 17.4 Å². The minimum absolute atomic E-state index is 0.499. The van der Waals surface area contributed by atoms with Crippen molar-refractivity contribution in [3.63, 3.8) is 0 Å². The van der Waals surface area contributed by atoms with Crippen LogP contribution >= 0.6 is 15.9 Å². The first kappa shape index (κ1) is 9.99. The second kappa shape index (κ2) is 3.91. The Kier molecular flexibility index (Phi) is 2.79. The Hall–Kier alpha value is -0.540. The van der Waals surface area contributed by atoms with Crippen LogP contribution in [0.5, 0.6) is 0 Å². The van der Waals surface area contributed by atoms with E-state index in [4.69, 9.17) is 5.73 Å². The van der Waals surface area contributed by atoms with Gasteiger partial charge < -0.3 is 11.1 Å². The Morgan fingerprint density at radius 2 is 2.36 bits per heavy atom. The van der Waals surface area contributed by atoms with E-state index in [1.54, 1.807) is 0 Å². The number of para-hydroxylation sites is 1. The molecule has 0 saturated heterocycles. The second-order valence-corrected chi connectivity index (χ2v) is 4.77. The van der Waals surface area contributed by atoms with Crippen LogP contribution in [0, 0.1) is 0 Å². The summed E-state index contributed by atoms with van der Waals surface area (Å²) in [5.41, 5.74) is 8.36. The molecule has 2 nitrogen and oxygen atoms in total. The third-order valence-corrected chi connectivity index (χ3v) is 3.46. The Morgan fingerprint density at radius 3 is 3.07 bits per heavy atom. The molecular weight excluding hydrogens is 240 g/mol. The van der Waals surface area contributed by atoms with Gasteiger partial charge in [0.15, 0.2) is 0 Å². The van der Waals surface area contributed by atoms with Gasteiger partial charge in [0.25, 0.3) is 0 Å². The summed E-state index contributed by atoms with van der Waals surface area (Å²) in [5, 5.41) is 3.49. The zero-order valence-electron chi connectivity index (χ0n) is 8.26. The number of fused-ring (bicyclic) bond motifs is 1. The lowest BCUT2D eigenvalue weighted by Gasteiger charge is -2.31. The van der Waals surface area contributed by atoms with Crippen molar-refractivity contribution in [2.24, 2.45) is 5.73 Å². The molecule has 3 N–H and O–H groups in total. The van der Waals surface area contributed by atoms with Crippen molar-refractivity contribution < 1.29 is 0 Å². The molecule has 0 saturated carbocycles. The van der Waals surface area contributed by atoms with Crippen LogP contribution in [0.3, 0.4) is 0 Å². The third kappa shape index (κ3) is 1.66. The van der Waals surface area contributed by atoms with Crippen molar-refractivity contribution in [2.75, 3.05) is 11.9 Å². The van der Waals surface area contributed by atoms with E-state index in [9.17, 15) is 0 Å². The molecule has 76 valence electrons. The van der Waals surface area contributed by atoms with Crippen LogP contribution in [-0.4, -0.2) is 12.6 Å². The largest absolute Gasteiger partial charge is 0.381 e. The standard InChI is InChI=1S/C11H15BrN2/c1-7-5-8(6-13)9-3-2-4-10(12)11(9)14-7/h2-4,7-8,14H,5-6,13H2,1H3. The molecule has 0 bridgehead atoms. The average Bonchev–Trinajstić information content (AvgIpc) is 2.18. The van der Waals surface area contributed by atoms with Gasteiger partial charge in [0.2, 0.25) is 0 Å². The topological polar surface area (TPSA) is 38.0 Å². The number of benzene rings is 1. The highest BCUT2D eigenvalue weighted by molar-refractivity contribution is 9.10. The van der Waals surface area contributed by atoms with Gasteiger partial charge in [0, 0.05) is 16.4 Å². The molecular formula is C11H15BrN2. The third-order valence-electron chi connectivity index (χ3n) is 2.80. The van der Waals surface area contributed by atoms with Gasteiger partial charge in [-0.2, -0.15) is 0 Å². The van der Waals surface area contributed by atoms with E-state index in [2.05, 4.69) is 46.4 Å². The van der Waals surface area contributed by atoms with Gasteiger partial charge in [-0.25, -0.2) is 0 Å². The second-order valence-electron chi connectivity index (χ2n) is 3.92. The summed E-state index contributed by atoms with van der Waals surface area (Å²) >= 11 is 3.56. The summed E-state index contributed by atoms with van der Waals surface area (Å²) in [5.74, 6) is 0.499. The number of nitrogens with one attached hydrogen (secondary N) is 1. The Balaban J connectivity index is 2.45. The fraction of sp³-hybridized carbons (Fsp3) is 0.455. The highest BCUT2D eigenvalue weighted by atomic mass is 79.9. The number of nitrogens with two attached hydrogens (primary N) is 1. The first-order valence-electron chi connectivity index (χ1n) is 4.97. The van der Waals surface area contributed by atoms with Crippen molar-refractivity contribution in [1.82, 2.24) is 0 Å². The van der Waals surface area contributed by atoms with Gasteiger partial charge in [-0.3, -0.25) is 0 Å². The maximum Gasteiger partial charge on any atom is 0.0522 e. The van der Waals surface area contributed by atoms with Gasteiger partial charge in [-0.15, -0.1) is 0 Å². The van der Waals surface area contributed by atoms with Crippen LogP contribution in [-0.2, 0) is 0 Å². The summed E-state index contributed by atoms with van der Waals surface area (Å²) in [4.78, 5) is 0. The summed E-state index contributed by atoms with van der Waals surface area (Å²) in [7, 11) is 0. The lowest BCUT2D eigenvalue weighted by Crippen LogP contribution is -2.29. The lowest BCUT2D eigenvalue weighted by molar-refractivity contribution is 0.560. The van der Waals surface area contributed by atoms with E-state index in [-0.39, 0.29) is 0 Å². The fourth-order valence-corrected chi connectivity index (χ4v) is 2.61. The fourth-order valence-electron chi connectivity index (χ4n) is 2.12. The molecule has 0 aliphatic carbocycles. The molecule has 14 heavy (non-hydrogen) atoms. The van der Waals surface area contributed by atoms with Crippen molar-refractivity contribution in [1.29, 1.82) is 0 Å². The SMILES string of the molecule is CC1CC(CN)c2cccc(Br)c2N1. The molecule has 0 aromatic heterocycles. The molecule has 2 rings (SSSR count). The molecule has 1 heterocycles. The maximum atomic E-state index is 5.79.